The molecule has 0 unspecified atom stereocenters. The molecule has 4 rings (SSSR count). The Kier molecular flexibility index (Phi) is 3.46. The Morgan fingerprint density at radius 2 is 1.68 bits per heavy atom. The van der Waals surface area contributed by atoms with E-state index < -0.39 is 0 Å². The van der Waals surface area contributed by atoms with Crippen LogP contribution in [0.25, 0.3) is 16.7 Å². The van der Waals surface area contributed by atoms with Gasteiger partial charge in [0.05, 0.1) is 33.8 Å². The fraction of sp³-hybridized carbons (Fsp3) is 0.158. The largest absolute Gasteiger partial charge is 0.321 e. The van der Waals surface area contributed by atoms with E-state index in [0.29, 0.717) is 11.3 Å². The highest BCUT2D eigenvalue weighted by Crippen LogP contribution is 2.17. The maximum absolute atomic E-state index is 12.6. The predicted molar refractivity (Wildman–Crippen MR) is 96.9 cm³/mol. The molecule has 25 heavy (non-hydrogen) atoms. The summed E-state index contributed by atoms with van der Waals surface area (Å²) in [6.45, 7) is 5.78. The van der Waals surface area contributed by atoms with Crippen LogP contribution in [-0.4, -0.2) is 25.3 Å². The molecule has 0 aliphatic carbocycles. The Hall–Kier alpha value is -3.28. The number of carbonyl (C=O) groups excluding carboxylic acids is 1. The lowest BCUT2D eigenvalue weighted by atomic mass is 10.1. The second-order valence-corrected chi connectivity index (χ2v) is 6.12. The highest BCUT2D eigenvalue weighted by atomic mass is 16.1. The first kappa shape index (κ1) is 15.3. The number of carbonyl (C=O) groups is 1. The molecule has 0 aliphatic heterocycles. The second-order valence-electron chi connectivity index (χ2n) is 6.12. The van der Waals surface area contributed by atoms with Gasteiger partial charge in [0, 0.05) is 18.0 Å². The van der Waals surface area contributed by atoms with Gasteiger partial charge < -0.3 is 9.72 Å². The summed E-state index contributed by atoms with van der Waals surface area (Å²) in [5.41, 5.74) is 6.31. The zero-order chi connectivity index (χ0) is 17.6. The predicted octanol–water partition coefficient (Wildman–Crippen LogP) is 3.46. The molecule has 4 aromatic rings. The van der Waals surface area contributed by atoms with E-state index in [1.54, 1.807) is 12.1 Å². The lowest BCUT2D eigenvalue weighted by molar-refractivity contribution is 0.102. The summed E-state index contributed by atoms with van der Waals surface area (Å²) in [5.74, 6) is -0.182. The molecule has 124 valence electrons. The first-order valence-electron chi connectivity index (χ1n) is 8.01. The molecule has 6 heteroatoms. The van der Waals surface area contributed by atoms with Crippen molar-refractivity contribution in [2.24, 2.45) is 0 Å². The lowest BCUT2D eigenvalue weighted by Gasteiger charge is -2.07. The van der Waals surface area contributed by atoms with E-state index in [9.17, 15) is 4.79 Å². The van der Waals surface area contributed by atoms with Crippen LogP contribution in [0.3, 0.4) is 0 Å². The average molecular weight is 331 g/mol. The SMILES string of the molecule is Cc1cn2cc(NC(=O)c3ccc4nc(C)c(C)nc4c3)ccc2n1. The second kappa shape index (κ2) is 5.66. The molecular formula is C19H17N5O. The van der Waals surface area contributed by atoms with Gasteiger partial charge in [0.15, 0.2) is 0 Å². The zero-order valence-corrected chi connectivity index (χ0v) is 14.2. The maximum atomic E-state index is 12.6. The van der Waals surface area contributed by atoms with Gasteiger partial charge >= 0.3 is 0 Å². The molecular weight excluding hydrogens is 314 g/mol. The number of nitrogens with zero attached hydrogens (tertiary/aromatic N) is 4. The van der Waals surface area contributed by atoms with Crippen molar-refractivity contribution in [3.8, 4) is 0 Å². The highest BCUT2D eigenvalue weighted by Gasteiger charge is 2.10. The third kappa shape index (κ3) is 2.82. The van der Waals surface area contributed by atoms with Gasteiger partial charge in [-0.2, -0.15) is 0 Å². The third-order valence-electron chi connectivity index (χ3n) is 4.17. The molecule has 3 heterocycles. The molecule has 1 aromatic carbocycles. The van der Waals surface area contributed by atoms with Gasteiger partial charge in [0.25, 0.3) is 5.91 Å². The summed E-state index contributed by atoms with van der Waals surface area (Å²) in [6.07, 6.45) is 3.77. The summed E-state index contributed by atoms with van der Waals surface area (Å²) in [4.78, 5) is 25.9. The maximum Gasteiger partial charge on any atom is 0.255 e. The average Bonchev–Trinajstić information content (AvgIpc) is 2.94. The molecule has 0 atom stereocenters. The van der Waals surface area contributed by atoms with Crippen molar-refractivity contribution in [1.82, 2.24) is 19.4 Å². The van der Waals surface area contributed by atoms with E-state index in [1.807, 2.05) is 55.8 Å². The van der Waals surface area contributed by atoms with E-state index in [1.165, 1.54) is 0 Å². The van der Waals surface area contributed by atoms with Crippen LogP contribution >= 0.6 is 0 Å². The minimum Gasteiger partial charge on any atom is -0.321 e. The summed E-state index contributed by atoms with van der Waals surface area (Å²) < 4.78 is 1.89. The number of benzene rings is 1. The number of nitrogens with one attached hydrogen (secondary N) is 1. The number of anilines is 1. The van der Waals surface area contributed by atoms with Crippen LogP contribution in [0.4, 0.5) is 5.69 Å². The summed E-state index contributed by atoms with van der Waals surface area (Å²) in [5, 5.41) is 2.91. The number of fused-ring (bicyclic) bond motifs is 2. The van der Waals surface area contributed by atoms with Crippen LogP contribution in [0.1, 0.15) is 27.4 Å². The fourth-order valence-corrected chi connectivity index (χ4v) is 2.77. The molecule has 0 radical (unpaired) electrons. The van der Waals surface area contributed by atoms with Gasteiger partial charge in [-0.3, -0.25) is 4.79 Å². The van der Waals surface area contributed by atoms with Crippen molar-refractivity contribution in [2.75, 3.05) is 5.32 Å². The molecule has 0 aliphatic rings. The van der Waals surface area contributed by atoms with Gasteiger partial charge in [-0.05, 0) is 51.1 Å². The minimum absolute atomic E-state index is 0.182. The number of aromatic nitrogens is 4. The highest BCUT2D eigenvalue weighted by molar-refractivity contribution is 6.05. The van der Waals surface area contributed by atoms with Gasteiger partial charge in [0.2, 0.25) is 0 Å². The van der Waals surface area contributed by atoms with Crippen LogP contribution in [0.15, 0.2) is 42.7 Å². The molecule has 0 spiro atoms. The smallest absolute Gasteiger partial charge is 0.255 e. The Balaban J connectivity index is 1.65. The number of amides is 1. The summed E-state index contributed by atoms with van der Waals surface area (Å²) in [7, 11) is 0. The third-order valence-corrected chi connectivity index (χ3v) is 4.17. The van der Waals surface area contributed by atoms with Crippen LogP contribution in [-0.2, 0) is 0 Å². The molecule has 1 N–H and O–H groups in total. The van der Waals surface area contributed by atoms with Gasteiger partial charge in [-0.15, -0.1) is 0 Å². The van der Waals surface area contributed by atoms with Crippen molar-refractivity contribution in [3.05, 3.63) is 65.4 Å². The monoisotopic (exact) mass is 331 g/mol. The van der Waals surface area contributed by atoms with Crippen molar-refractivity contribution in [1.29, 1.82) is 0 Å². The first-order valence-corrected chi connectivity index (χ1v) is 8.01. The quantitative estimate of drug-likeness (QED) is 0.610. The minimum atomic E-state index is -0.182. The molecule has 1 amide bonds. The molecule has 0 saturated heterocycles. The molecule has 3 aromatic heterocycles. The van der Waals surface area contributed by atoms with Crippen molar-refractivity contribution >= 4 is 28.3 Å². The standard InChI is InChI=1S/C19H17N5O/c1-11-9-24-10-15(5-7-18(24)20-11)23-19(25)14-4-6-16-17(8-14)22-13(3)12(2)21-16/h4-10H,1-3H3,(H,23,25). The molecule has 0 bridgehead atoms. The molecule has 6 nitrogen and oxygen atoms in total. The topological polar surface area (TPSA) is 72.2 Å². The van der Waals surface area contributed by atoms with Crippen molar-refractivity contribution in [2.45, 2.75) is 20.8 Å². The van der Waals surface area contributed by atoms with E-state index in [4.69, 9.17) is 0 Å². The van der Waals surface area contributed by atoms with E-state index in [0.717, 1.165) is 33.8 Å². The number of imidazole rings is 1. The Labute approximate surface area is 144 Å². The van der Waals surface area contributed by atoms with E-state index >= 15 is 0 Å². The van der Waals surface area contributed by atoms with Crippen molar-refractivity contribution in [3.63, 3.8) is 0 Å². The van der Waals surface area contributed by atoms with Crippen LogP contribution in [0.2, 0.25) is 0 Å². The van der Waals surface area contributed by atoms with E-state index in [-0.39, 0.29) is 5.91 Å². The van der Waals surface area contributed by atoms with Crippen LogP contribution in [0.5, 0.6) is 0 Å². The van der Waals surface area contributed by atoms with Crippen LogP contribution in [0, 0.1) is 20.8 Å². The van der Waals surface area contributed by atoms with E-state index in [2.05, 4.69) is 20.3 Å². The first-order chi connectivity index (χ1) is 12.0. The lowest BCUT2D eigenvalue weighted by Crippen LogP contribution is -2.12. The fourth-order valence-electron chi connectivity index (χ4n) is 2.77. The normalized spacial score (nSPS) is 11.2. The van der Waals surface area contributed by atoms with Crippen molar-refractivity contribution < 1.29 is 4.79 Å². The number of hydrogen-bond acceptors (Lipinski definition) is 4. The Morgan fingerprint density at radius 3 is 2.48 bits per heavy atom. The number of rotatable bonds is 2. The number of pyridine rings is 1. The number of hydrogen-bond donors (Lipinski definition) is 1. The van der Waals surface area contributed by atoms with Gasteiger partial charge in [-0.25, -0.2) is 15.0 Å². The van der Waals surface area contributed by atoms with Gasteiger partial charge in [0.1, 0.15) is 5.65 Å². The van der Waals surface area contributed by atoms with Crippen LogP contribution < -0.4 is 5.32 Å². The Morgan fingerprint density at radius 1 is 0.920 bits per heavy atom. The molecule has 0 fully saturated rings. The number of aryl methyl sites for hydroxylation is 3. The zero-order valence-electron chi connectivity index (χ0n) is 14.2. The van der Waals surface area contributed by atoms with Gasteiger partial charge in [-0.1, -0.05) is 0 Å². The summed E-state index contributed by atoms with van der Waals surface area (Å²) >= 11 is 0. The summed E-state index contributed by atoms with van der Waals surface area (Å²) in [6, 6.07) is 9.08. The Bertz CT molecular complexity index is 1130. The molecule has 0 saturated carbocycles.